The predicted octanol–water partition coefficient (Wildman–Crippen LogP) is 1.10. The van der Waals surface area contributed by atoms with Gasteiger partial charge in [-0.1, -0.05) is 12.2 Å². The maximum Gasteiger partial charge on any atom is 0.241 e. The number of amides is 1. The lowest BCUT2D eigenvalue weighted by molar-refractivity contribution is -0.123. The van der Waals surface area contributed by atoms with E-state index in [0.29, 0.717) is 0 Å². The van der Waals surface area contributed by atoms with Crippen LogP contribution in [0.1, 0.15) is 18.4 Å². The molecule has 0 saturated heterocycles. The molecule has 1 aromatic rings. The average Bonchev–Trinajstić information content (AvgIpc) is 2.29. The van der Waals surface area contributed by atoms with E-state index in [1.54, 1.807) is 13.2 Å². The number of hydrazine groups is 1. The number of hydrogen-bond donors (Lipinski definition) is 3. The predicted molar refractivity (Wildman–Crippen MR) is 75.4 cm³/mol. The summed E-state index contributed by atoms with van der Waals surface area (Å²) in [4.78, 5) is 15.4. The fourth-order valence-corrected chi connectivity index (χ4v) is 1.45. The molecule has 0 aliphatic heterocycles. The molecule has 0 aromatic carbocycles. The van der Waals surface area contributed by atoms with Crippen LogP contribution in [0.5, 0.6) is 0 Å². The SMILES string of the molecule is CNNC(=O)C(C)c1ccnc(Br)c1.NC=S. The van der Waals surface area contributed by atoms with E-state index in [9.17, 15) is 4.79 Å². The van der Waals surface area contributed by atoms with Gasteiger partial charge in [-0.25, -0.2) is 10.4 Å². The molecule has 1 rings (SSSR count). The molecular formula is C10H15BrN4OS. The van der Waals surface area contributed by atoms with Crippen LogP contribution < -0.4 is 16.6 Å². The average molecular weight is 319 g/mol. The molecule has 94 valence electrons. The Morgan fingerprint density at radius 1 is 1.71 bits per heavy atom. The van der Waals surface area contributed by atoms with Gasteiger partial charge in [-0.2, -0.15) is 0 Å². The molecule has 7 heteroatoms. The summed E-state index contributed by atoms with van der Waals surface area (Å²) in [5.74, 6) is -0.257. The van der Waals surface area contributed by atoms with Crippen LogP contribution >= 0.6 is 28.1 Å². The minimum atomic E-state index is -0.193. The molecule has 1 aromatic heterocycles. The fourth-order valence-electron chi connectivity index (χ4n) is 1.07. The Bertz CT molecular complexity index is 375. The Morgan fingerprint density at radius 2 is 2.29 bits per heavy atom. The topological polar surface area (TPSA) is 80.0 Å². The Kier molecular flexibility index (Phi) is 8.47. The number of nitrogens with two attached hydrogens (primary N) is 1. The zero-order valence-corrected chi connectivity index (χ0v) is 12.0. The van der Waals surface area contributed by atoms with E-state index < -0.39 is 0 Å². The van der Waals surface area contributed by atoms with Crippen molar-refractivity contribution in [1.29, 1.82) is 0 Å². The van der Waals surface area contributed by atoms with Crippen molar-refractivity contribution in [2.45, 2.75) is 12.8 Å². The number of thiocarbonyl (C=S) groups is 1. The molecule has 17 heavy (non-hydrogen) atoms. The molecule has 5 nitrogen and oxygen atoms in total. The van der Waals surface area contributed by atoms with E-state index in [4.69, 9.17) is 0 Å². The summed E-state index contributed by atoms with van der Waals surface area (Å²) in [7, 11) is 1.66. The van der Waals surface area contributed by atoms with Crippen molar-refractivity contribution in [3.63, 3.8) is 0 Å². The highest BCUT2D eigenvalue weighted by atomic mass is 79.9. The van der Waals surface area contributed by atoms with Gasteiger partial charge in [-0.05, 0) is 40.5 Å². The molecule has 4 N–H and O–H groups in total. The minimum Gasteiger partial charge on any atom is -0.396 e. The first kappa shape index (κ1) is 16.0. The smallest absolute Gasteiger partial charge is 0.241 e. The summed E-state index contributed by atoms with van der Waals surface area (Å²) in [6.45, 7) is 1.84. The van der Waals surface area contributed by atoms with Crippen LogP contribution in [0.25, 0.3) is 0 Å². The van der Waals surface area contributed by atoms with Crippen LogP contribution in [0, 0.1) is 0 Å². The number of nitrogens with one attached hydrogen (secondary N) is 2. The first-order valence-corrected chi connectivity index (χ1v) is 6.06. The molecule has 0 aliphatic rings. The summed E-state index contributed by atoms with van der Waals surface area (Å²) in [5, 5.41) is 0. The van der Waals surface area contributed by atoms with Gasteiger partial charge >= 0.3 is 0 Å². The Hall–Kier alpha value is -1.05. The molecule has 1 amide bonds. The molecule has 0 bridgehead atoms. The summed E-state index contributed by atoms with van der Waals surface area (Å²) < 4.78 is 0.735. The van der Waals surface area contributed by atoms with Crippen molar-refractivity contribution >= 4 is 39.5 Å². The molecule has 0 saturated carbocycles. The van der Waals surface area contributed by atoms with Crippen LogP contribution in [0.4, 0.5) is 0 Å². The summed E-state index contributed by atoms with van der Waals surface area (Å²) in [6, 6.07) is 3.66. The zero-order valence-electron chi connectivity index (χ0n) is 9.61. The molecule has 1 unspecified atom stereocenters. The number of pyridine rings is 1. The molecule has 0 spiro atoms. The molecular weight excluding hydrogens is 304 g/mol. The van der Waals surface area contributed by atoms with Crippen LogP contribution in [-0.2, 0) is 4.79 Å². The minimum absolute atomic E-state index is 0.0643. The highest BCUT2D eigenvalue weighted by molar-refractivity contribution is 9.10. The van der Waals surface area contributed by atoms with Crippen LogP contribution in [0.3, 0.4) is 0 Å². The maximum atomic E-state index is 11.4. The van der Waals surface area contributed by atoms with Gasteiger partial charge in [0.05, 0.1) is 11.4 Å². The number of rotatable bonds is 3. The van der Waals surface area contributed by atoms with E-state index in [1.807, 2.05) is 19.1 Å². The van der Waals surface area contributed by atoms with Crippen LogP contribution in [-0.4, -0.2) is 23.4 Å². The molecule has 1 heterocycles. The van der Waals surface area contributed by atoms with Gasteiger partial charge in [0.1, 0.15) is 4.60 Å². The second-order valence-corrected chi connectivity index (χ2v) is 4.09. The van der Waals surface area contributed by atoms with Crippen molar-refractivity contribution in [3.8, 4) is 0 Å². The van der Waals surface area contributed by atoms with Crippen LogP contribution in [0.15, 0.2) is 22.9 Å². The largest absolute Gasteiger partial charge is 0.396 e. The van der Waals surface area contributed by atoms with E-state index in [0.717, 1.165) is 15.7 Å². The lowest BCUT2D eigenvalue weighted by Gasteiger charge is -2.11. The van der Waals surface area contributed by atoms with E-state index in [1.165, 1.54) is 0 Å². The Balaban J connectivity index is 0.000000770. The number of halogens is 1. The van der Waals surface area contributed by atoms with Crippen molar-refractivity contribution in [3.05, 3.63) is 28.5 Å². The number of aromatic nitrogens is 1. The van der Waals surface area contributed by atoms with Crippen LogP contribution in [0.2, 0.25) is 0 Å². The van der Waals surface area contributed by atoms with Gasteiger partial charge in [-0.3, -0.25) is 10.2 Å². The Labute approximate surface area is 114 Å². The first-order chi connectivity index (χ1) is 8.06. The molecule has 0 aliphatic carbocycles. The van der Waals surface area contributed by atoms with E-state index in [-0.39, 0.29) is 11.8 Å². The first-order valence-electron chi connectivity index (χ1n) is 4.80. The fraction of sp³-hybridized carbons (Fsp3) is 0.300. The number of hydrogen-bond acceptors (Lipinski definition) is 4. The van der Waals surface area contributed by atoms with Gasteiger partial charge in [0, 0.05) is 13.2 Å². The Morgan fingerprint density at radius 3 is 2.76 bits per heavy atom. The normalized spacial score (nSPS) is 10.8. The molecule has 1 atom stereocenters. The van der Waals surface area contributed by atoms with Gasteiger partial charge in [0.25, 0.3) is 0 Å². The monoisotopic (exact) mass is 318 g/mol. The second kappa shape index (κ2) is 9.03. The highest BCUT2D eigenvalue weighted by Gasteiger charge is 2.14. The molecule has 0 fully saturated rings. The van der Waals surface area contributed by atoms with Gasteiger partial charge in [0.15, 0.2) is 0 Å². The lowest BCUT2D eigenvalue weighted by Crippen LogP contribution is -2.37. The standard InChI is InChI=1S/C9H12BrN3O.CH3NS/c1-6(9(14)13-11-2)7-3-4-12-8(10)5-7;2-1-3/h3-6,11H,1-2H3,(H,13,14);1H,(H2,2,3). The lowest BCUT2D eigenvalue weighted by atomic mass is 10.0. The van der Waals surface area contributed by atoms with Crippen molar-refractivity contribution in [1.82, 2.24) is 15.8 Å². The van der Waals surface area contributed by atoms with E-state index >= 15 is 0 Å². The van der Waals surface area contributed by atoms with E-state index in [2.05, 4.69) is 49.7 Å². The third-order valence-electron chi connectivity index (χ3n) is 1.89. The third-order valence-corrected chi connectivity index (χ3v) is 2.33. The number of carbonyl (C=O) groups excluding carboxylic acids is 1. The summed E-state index contributed by atoms with van der Waals surface area (Å²) >= 11 is 7.31. The third kappa shape index (κ3) is 6.30. The van der Waals surface area contributed by atoms with Crippen molar-refractivity contribution in [2.24, 2.45) is 5.73 Å². The zero-order chi connectivity index (χ0) is 13.3. The maximum absolute atomic E-state index is 11.4. The second-order valence-electron chi connectivity index (χ2n) is 3.01. The van der Waals surface area contributed by atoms with Crippen molar-refractivity contribution < 1.29 is 4.79 Å². The molecule has 0 radical (unpaired) electrons. The number of nitrogens with zero attached hydrogens (tertiary/aromatic N) is 1. The number of carbonyl (C=O) groups is 1. The van der Waals surface area contributed by atoms with Gasteiger partial charge in [0.2, 0.25) is 5.91 Å². The quantitative estimate of drug-likeness (QED) is 0.442. The highest BCUT2D eigenvalue weighted by Crippen LogP contribution is 2.17. The van der Waals surface area contributed by atoms with Crippen molar-refractivity contribution in [2.75, 3.05) is 7.05 Å². The van der Waals surface area contributed by atoms with Gasteiger partial charge in [-0.15, -0.1) is 0 Å². The summed E-state index contributed by atoms with van der Waals surface area (Å²) in [5.41, 5.74) is 11.7. The van der Waals surface area contributed by atoms with Gasteiger partial charge < -0.3 is 5.73 Å². The summed E-state index contributed by atoms with van der Waals surface area (Å²) in [6.07, 6.45) is 1.67.